The van der Waals surface area contributed by atoms with E-state index in [1.54, 1.807) is 0 Å². The van der Waals surface area contributed by atoms with E-state index in [1.165, 1.54) is 42.5 Å². The summed E-state index contributed by atoms with van der Waals surface area (Å²) >= 11 is 0. The van der Waals surface area contributed by atoms with Crippen molar-refractivity contribution in [2.45, 2.75) is 4.90 Å². The third-order valence-electron chi connectivity index (χ3n) is 2.46. The van der Waals surface area contributed by atoms with Gasteiger partial charge in [-0.05, 0) is 29.8 Å². The standard InChI is InChI=1S/C12H10FNO3S/c13-10-2-1-3-11(15)12(10)8-4-6-9(7-5-8)18(14,16)17/h1-7,15H,(H2,14,16,17). The number of hydrogen-bond acceptors (Lipinski definition) is 3. The molecule has 0 radical (unpaired) electrons. The van der Waals surface area contributed by atoms with Crippen molar-refractivity contribution in [3.63, 3.8) is 0 Å². The molecule has 0 aliphatic carbocycles. The Kier molecular flexibility index (Phi) is 3.06. The minimum atomic E-state index is -3.78. The van der Waals surface area contributed by atoms with E-state index in [0.29, 0.717) is 5.56 Å². The number of rotatable bonds is 2. The van der Waals surface area contributed by atoms with Gasteiger partial charge in [-0.3, -0.25) is 0 Å². The topological polar surface area (TPSA) is 80.4 Å². The normalized spacial score (nSPS) is 11.4. The highest BCUT2D eigenvalue weighted by Crippen LogP contribution is 2.31. The number of hydrogen-bond donors (Lipinski definition) is 2. The van der Waals surface area contributed by atoms with Gasteiger partial charge in [0, 0.05) is 0 Å². The number of halogens is 1. The molecule has 0 aromatic heterocycles. The van der Waals surface area contributed by atoms with Gasteiger partial charge in [-0.1, -0.05) is 18.2 Å². The van der Waals surface area contributed by atoms with E-state index in [0.717, 1.165) is 0 Å². The lowest BCUT2D eigenvalue weighted by Gasteiger charge is -2.06. The van der Waals surface area contributed by atoms with Gasteiger partial charge < -0.3 is 5.11 Å². The molecule has 18 heavy (non-hydrogen) atoms. The van der Waals surface area contributed by atoms with E-state index >= 15 is 0 Å². The van der Waals surface area contributed by atoms with Crippen LogP contribution < -0.4 is 5.14 Å². The van der Waals surface area contributed by atoms with Gasteiger partial charge in [-0.15, -0.1) is 0 Å². The summed E-state index contributed by atoms with van der Waals surface area (Å²) in [5.41, 5.74) is 0.400. The highest BCUT2D eigenvalue weighted by Gasteiger charge is 2.12. The summed E-state index contributed by atoms with van der Waals surface area (Å²) in [7, 11) is -3.78. The van der Waals surface area contributed by atoms with E-state index in [-0.39, 0.29) is 16.2 Å². The van der Waals surface area contributed by atoms with E-state index in [1.807, 2.05) is 0 Å². The first-order valence-electron chi connectivity index (χ1n) is 5.00. The van der Waals surface area contributed by atoms with Crippen molar-refractivity contribution in [2.75, 3.05) is 0 Å². The van der Waals surface area contributed by atoms with Crippen molar-refractivity contribution in [1.29, 1.82) is 0 Å². The Morgan fingerprint density at radius 3 is 2.17 bits per heavy atom. The SMILES string of the molecule is NS(=O)(=O)c1ccc(-c2c(O)cccc2F)cc1. The molecule has 0 saturated carbocycles. The van der Waals surface area contributed by atoms with Crippen LogP contribution in [0.1, 0.15) is 0 Å². The van der Waals surface area contributed by atoms with Crippen LogP contribution in [0.4, 0.5) is 4.39 Å². The molecule has 3 N–H and O–H groups in total. The molecule has 0 unspecified atom stereocenters. The summed E-state index contributed by atoms with van der Waals surface area (Å²) in [5, 5.41) is 14.5. The van der Waals surface area contributed by atoms with Crippen molar-refractivity contribution in [2.24, 2.45) is 5.14 Å². The van der Waals surface area contributed by atoms with E-state index < -0.39 is 15.8 Å². The predicted octanol–water partition coefficient (Wildman–Crippen LogP) is 1.85. The fraction of sp³-hybridized carbons (Fsp3) is 0. The van der Waals surface area contributed by atoms with Gasteiger partial charge in [0.25, 0.3) is 0 Å². The molecule has 0 aliphatic rings. The van der Waals surface area contributed by atoms with Crippen LogP contribution in [0.5, 0.6) is 5.75 Å². The van der Waals surface area contributed by atoms with Crippen LogP contribution in [0.3, 0.4) is 0 Å². The second-order valence-electron chi connectivity index (χ2n) is 3.70. The summed E-state index contributed by atoms with van der Waals surface area (Å²) in [4.78, 5) is -0.0675. The van der Waals surface area contributed by atoms with Gasteiger partial charge in [0.2, 0.25) is 10.0 Å². The largest absolute Gasteiger partial charge is 0.507 e. The Morgan fingerprint density at radius 2 is 1.67 bits per heavy atom. The van der Waals surface area contributed by atoms with Gasteiger partial charge in [0.05, 0.1) is 10.5 Å². The Morgan fingerprint density at radius 1 is 1.06 bits per heavy atom. The smallest absolute Gasteiger partial charge is 0.238 e. The van der Waals surface area contributed by atoms with Crippen molar-refractivity contribution in [3.8, 4) is 16.9 Å². The second kappa shape index (κ2) is 4.40. The highest BCUT2D eigenvalue weighted by atomic mass is 32.2. The monoisotopic (exact) mass is 267 g/mol. The van der Waals surface area contributed by atoms with Crippen LogP contribution in [0, 0.1) is 5.82 Å². The number of primary sulfonamides is 1. The molecule has 0 fully saturated rings. The Labute approximate surface area is 104 Å². The van der Waals surface area contributed by atoms with E-state index in [9.17, 15) is 17.9 Å². The number of phenolic OH excluding ortho intramolecular Hbond substituents is 1. The van der Waals surface area contributed by atoms with Crippen LogP contribution in [0.25, 0.3) is 11.1 Å². The van der Waals surface area contributed by atoms with Gasteiger partial charge in [-0.25, -0.2) is 17.9 Å². The zero-order valence-corrected chi connectivity index (χ0v) is 9.99. The third kappa shape index (κ3) is 2.34. The number of sulfonamides is 1. The molecule has 0 spiro atoms. The first-order valence-corrected chi connectivity index (χ1v) is 6.55. The maximum atomic E-state index is 13.6. The lowest BCUT2D eigenvalue weighted by molar-refractivity contribution is 0.472. The number of nitrogens with two attached hydrogens (primary N) is 1. The van der Waals surface area contributed by atoms with Crippen LogP contribution in [-0.2, 0) is 10.0 Å². The minimum Gasteiger partial charge on any atom is -0.507 e. The average Bonchev–Trinajstić information content (AvgIpc) is 2.28. The van der Waals surface area contributed by atoms with Crippen molar-refractivity contribution in [3.05, 3.63) is 48.3 Å². The first-order chi connectivity index (χ1) is 8.39. The first kappa shape index (κ1) is 12.5. The average molecular weight is 267 g/mol. The molecule has 2 rings (SSSR count). The molecule has 2 aromatic carbocycles. The Balaban J connectivity index is 2.54. The quantitative estimate of drug-likeness (QED) is 0.871. The number of aromatic hydroxyl groups is 1. The molecule has 0 aliphatic heterocycles. The maximum absolute atomic E-state index is 13.6. The molecule has 0 heterocycles. The van der Waals surface area contributed by atoms with E-state index in [4.69, 9.17) is 5.14 Å². The van der Waals surface area contributed by atoms with Gasteiger partial charge in [-0.2, -0.15) is 0 Å². The molecule has 0 bridgehead atoms. The predicted molar refractivity (Wildman–Crippen MR) is 64.9 cm³/mol. The van der Waals surface area contributed by atoms with E-state index in [2.05, 4.69) is 0 Å². The van der Waals surface area contributed by atoms with Crippen molar-refractivity contribution < 1.29 is 17.9 Å². The maximum Gasteiger partial charge on any atom is 0.238 e. The van der Waals surface area contributed by atoms with Crippen LogP contribution in [-0.4, -0.2) is 13.5 Å². The summed E-state index contributed by atoms with van der Waals surface area (Å²) in [6, 6.07) is 9.24. The van der Waals surface area contributed by atoms with Crippen molar-refractivity contribution in [1.82, 2.24) is 0 Å². The molecule has 94 valence electrons. The summed E-state index contributed by atoms with van der Waals surface area (Å²) in [5.74, 6) is -0.795. The molecule has 6 heteroatoms. The summed E-state index contributed by atoms with van der Waals surface area (Å²) < 4.78 is 35.7. The highest BCUT2D eigenvalue weighted by molar-refractivity contribution is 7.89. The van der Waals surface area contributed by atoms with Gasteiger partial charge in [0.15, 0.2) is 0 Å². The summed E-state index contributed by atoms with van der Waals surface area (Å²) in [6.45, 7) is 0. The van der Waals surface area contributed by atoms with Crippen LogP contribution in [0.15, 0.2) is 47.4 Å². The minimum absolute atomic E-state index is 0.0264. The second-order valence-corrected chi connectivity index (χ2v) is 5.26. The molecular weight excluding hydrogens is 257 g/mol. The molecule has 0 amide bonds. The van der Waals surface area contributed by atoms with Gasteiger partial charge in [0.1, 0.15) is 11.6 Å². The van der Waals surface area contributed by atoms with Crippen molar-refractivity contribution >= 4 is 10.0 Å². The fourth-order valence-electron chi connectivity index (χ4n) is 1.61. The molecular formula is C12H10FNO3S. The lowest BCUT2D eigenvalue weighted by Crippen LogP contribution is -2.11. The molecule has 4 nitrogen and oxygen atoms in total. The zero-order chi connectivity index (χ0) is 13.3. The zero-order valence-electron chi connectivity index (χ0n) is 9.17. The lowest BCUT2D eigenvalue weighted by atomic mass is 10.0. The molecule has 0 saturated heterocycles. The number of benzene rings is 2. The Hall–Kier alpha value is -1.92. The fourth-order valence-corrected chi connectivity index (χ4v) is 2.13. The van der Waals surface area contributed by atoms with Gasteiger partial charge >= 0.3 is 0 Å². The summed E-state index contributed by atoms with van der Waals surface area (Å²) in [6.07, 6.45) is 0. The number of phenols is 1. The van der Waals surface area contributed by atoms with Crippen LogP contribution >= 0.6 is 0 Å². The molecule has 2 aromatic rings. The Bertz CT molecular complexity index is 661. The molecule has 0 atom stereocenters. The third-order valence-corrected chi connectivity index (χ3v) is 3.39. The van der Waals surface area contributed by atoms with Crippen LogP contribution in [0.2, 0.25) is 0 Å².